The van der Waals surface area contributed by atoms with Gasteiger partial charge in [-0.2, -0.15) is 5.10 Å². The first-order valence-electron chi connectivity index (χ1n) is 6.33. The van der Waals surface area contributed by atoms with E-state index in [1.165, 1.54) is 0 Å². The number of amides is 1. The fraction of sp³-hybridized carbons (Fsp3) is 0.583. The Morgan fingerprint density at radius 1 is 1.74 bits per heavy atom. The van der Waals surface area contributed by atoms with Crippen molar-refractivity contribution >= 4 is 17.4 Å². The van der Waals surface area contributed by atoms with Gasteiger partial charge in [0.25, 0.3) is 0 Å². The molecule has 1 fully saturated rings. The molecule has 0 unspecified atom stereocenters. The average Bonchev–Trinajstić information content (AvgIpc) is 2.81. The number of amidine groups is 1. The Morgan fingerprint density at radius 2 is 2.42 bits per heavy atom. The number of nitrogens with one attached hydrogen (secondary N) is 1. The van der Waals surface area contributed by atoms with E-state index in [1.54, 1.807) is 17.1 Å². The molecule has 7 nitrogen and oxygen atoms in total. The van der Waals surface area contributed by atoms with Crippen molar-refractivity contribution in [2.45, 2.75) is 33.2 Å². The minimum Gasteiger partial charge on any atom is -0.409 e. The van der Waals surface area contributed by atoms with Crippen molar-refractivity contribution in [2.24, 2.45) is 22.2 Å². The fourth-order valence-corrected chi connectivity index (χ4v) is 2.59. The van der Waals surface area contributed by atoms with Crippen LogP contribution in [0.3, 0.4) is 0 Å². The topological polar surface area (TPSA) is 106 Å². The largest absolute Gasteiger partial charge is 0.409 e. The second kappa shape index (κ2) is 4.91. The van der Waals surface area contributed by atoms with Gasteiger partial charge in [0.15, 0.2) is 5.84 Å². The zero-order chi connectivity index (χ0) is 14.0. The highest BCUT2D eigenvalue weighted by Crippen LogP contribution is 2.46. The summed E-state index contributed by atoms with van der Waals surface area (Å²) in [6.45, 7) is 4.73. The summed E-state index contributed by atoms with van der Waals surface area (Å²) in [5, 5.41) is 18.7. The van der Waals surface area contributed by atoms with Crippen LogP contribution < -0.4 is 11.1 Å². The third-order valence-corrected chi connectivity index (χ3v) is 3.64. The van der Waals surface area contributed by atoms with Crippen LogP contribution in [0.1, 0.15) is 26.7 Å². The Hall–Kier alpha value is -2.05. The van der Waals surface area contributed by atoms with Gasteiger partial charge in [-0.15, -0.1) is 0 Å². The van der Waals surface area contributed by atoms with Gasteiger partial charge in [0.2, 0.25) is 5.91 Å². The molecule has 0 bridgehead atoms. The van der Waals surface area contributed by atoms with Gasteiger partial charge in [-0.25, -0.2) is 0 Å². The number of aromatic nitrogens is 2. The maximum Gasteiger partial charge on any atom is 0.238 e. The molecule has 19 heavy (non-hydrogen) atoms. The van der Waals surface area contributed by atoms with Gasteiger partial charge in [-0.1, -0.05) is 12.1 Å². The predicted molar refractivity (Wildman–Crippen MR) is 70.8 cm³/mol. The quantitative estimate of drug-likeness (QED) is 0.327. The van der Waals surface area contributed by atoms with E-state index in [0.29, 0.717) is 24.4 Å². The van der Waals surface area contributed by atoms with E-state index in [0.717, 1.165) is 6.54 Å². The van der Waals surface area contributed by atoms with E-state index in [9.17, 15) is 4.79 Å². The van der Waals surface area contributed by atoms with Crippen LogP contribution in [-0.2, 0) is 11.3 Å². The molecule has 4 N–H and O–H groups in total. The maximum atomic E-state index is 12.3. The summed E-state index contributed by atoms with van der Waals surface area (Å²) in [5.41, 5.74) is 5.42. The van der Waals surface area contributed by atoms with Crippen molar-refractivity contribution in [3.8, 4) is 0 Å². The van der Waals surface area contributed by atoms with Crippen molar-refractivity contribution < 1.29 is 10.0 Å². The Kier molecular flexibility index (Phi) is 3.46. The number of aryl methyl sites for hydroxylation is 1. The highest BCUT2D eigenvalue weighted by molar-refractivity contribution is 6.12. The summed E-state index contributed by atoms with van der Waals surface area (Å²) in [4.78, 5) is 12.3. The Balaban J connectivity index is 2.13. The van der Waals surface area contributed by atoms with E-state index in [2.05, 4.69) is 15.6 Å². The summed E-state index contributed by atoms with van der Waals surface area (Å²) in [6, 6.07) is 0. The van der Waals surface area contributed by atoms with Crippen LogP contribution in [-0.4, -0.2) is 26.7 Å². The second-order valence-electron chi connectivity index (χ2n) is 5.12. The highest BCUT2D eigenvalue weighted by Gasteiger charge is 2.52. The molecule has 1 saturated carbocycles. The van der Waals surface area contributed by atoms with Crippen LogP contribution in [0.15, 0.2) is 17.5 Å². The number of nitrogens with zero attached hydrogens (tertiary/aromatic N) is 3. The summed E-state index contributed by atoms with van der Waals surface area (Å²) in [5.74, 6) is 0.131. The summed E-state index contributed by atoms with van der Waals surface area (Å²) in [7, 11) is 0. The van der Waals surface area contributed by atoms with Gasteiger partial charge < -0.3 is 16.3 Å². The predicted octanol–water partition coefficient (Wildman–Crippen LogP) is 1.00. The first kappa shape index (κ1) is 13.4. The summed E-state index contributed by atoms with van der Waals surface area (Å²) in [6.07, 6.45) is 4.52. The zero-order valence-corrected chi connectivity index (χ0v) is 11.1. The van der Waals surface area contributed by atoms with Crippen molar-refractivity contribution in [3.05, 3.63) is 12.4 Å². The summed E-state index contributed by atoms with van der Waals surface area (Å²) >= 11 is 0. The lowest BCUT2D eigenvalue weighted by Crippen LogP contribution is -2.54. The molecule has 104 valence electrons. The lowest BCUT2D eigenvalue weighted by atomic mass is 9.61. The van der Waals surface area contributed by atoms with Crippen LogP contribution in [0.4, 0.5) is 5.69 Å². The molecule has 0 spiro atoms. The molecule has 0 aliphatic heterocycles. The number of rotatable bonds is 4. The molecule has 1 aromatic heterocycles. The Morgan fingerprint density at radius 3 is 2.89 bits per heavy atom. The molecule has 7 heteroatoms. The molecule has 0 radical (unpaired) electrons. The van der Waals surface area contributed by atoms with Gasteiger partial charge in [-0.05, 0) is 25.7 Å². The van der Waals surface area contributed by atoms with E-state index in [-0.39, 0.29) is 11.7 Å². The molecule has 1 amide bonds. The molecule has 0 atom stereocenters. The Labute approximate surface area is 111 Å². The summed E-state index contributed by atoms with van der Waals surface area (Å²) < 4.78 is 1.72. The van der Waals surface area contributed by atoms with E-state index in [1.807, 2.05) is 13.8 Å². The lowest BCUT2D eigenvalue weighted by Gasteiger charge is -2.43. The molecule has 1 aliphatic carbocycles. The molecule has 0 saturated heterocycles. The number of carbonyl (C=O) groups is 1. The van der Waals surface area contributed by atoms with E-state index < -0.39 is 5.41 Å². The van der Waals surface area contributed by atoms with Crippen LogP contribution in [0.25, 0.3) is 0 Å². The first-order chi connectivity index (χ1) is 9.01. The van der Waals surface area contributed by atoms with Gasteiger partial charge in [0.1, 0.15) is 5.41 Å². The zero-order valence-electron chi connectivity index (χ0n) is 11.1. The van der Waals surface area contributed by atoms with Crippen LogP contribution in [0.5, 0.6) is 0 Å². The van der Waals surface area contributed by atoms with Crippen molar-refractivity contribution in [3.63, 3.8) is 0 Å². The highest BCUT2D eigenvalue weighted by atomic mass is 16.4. The second-order valence-corrected chi connectivity index (χ2v) is 5.12. The minimum absolute atomic E-state index is 0.0222. The minimum atomic E-state index is -0.886. The molecular formula is C12H19N5O2. The Bertz CT molecular complexity index is 502. The molecule has 0 aromatic carbocycles. The molecule has 2 rings (SSSR count). The smallest absolute Gasteiger partial charge is 0.238 e. The number of nitrogens with two attached hydrogens (primary N) is 1. The molecular weight excluding hydrogens is 246 g/mol. The average molecular weight is 265 g/mol. The SMILES string of the molecule is CCn1cc(NC(=O)C2(/C(N)=N/O)CC(C)C2)cn1. The van der Waals surface area contributed by atoms with E-state index >= 15 is 0 Å². The maximum absolute atomic E-state index is 12.3. The monoisotopic (exact) mass is 265 g/mol. The number of anilines is 1. The van der Waals surface area contributed by atoms with Gasteiger partial charge >= 0.3 is 0 Å². The van der Waals surface area contributed by atoms with Crippen LogP contribution >= 0.6 is 0 Å². The first-order valence-corrected chi connectivity index (χ1v) is 6.33. The third kappa shape index (κ3) is 2.27. The number of hydrogen-bond donors (Lipinski definition) is 3. The standard InChI is InChI=1S/C12H19N5O2/c1-3-17-7-9(6-14-17)15-11(18)12(10(13)16-19)4-8(2)5-12/h6-8,19H,3-5H2,1-2H3,(H2,13,16)(H,15,18). The third-order valence-electron chi connectivity index (χ3n) is 3.64. The van der Waals surface area contributed by atoms with Crippen molar-refractivity contribution in [1.29, 1.82) is 0 Å². The number of oxime groups is 1. The van der Waals surface area contributed by atoms with Gasteiger partial charge in [0, 0.05) is 12.7 Å². The van der Waals surface area contributed by atoms with Crippen LogP contribution in [0, 0.1) is 11.3 Å². The molecule has 1 heterocycles. The van der Waals surface area contributed by atoms with Crippen molar-refractivity contribution in [1.82, 2.24) is 9.78 Å². The van der Waals surface area contributed by atoms with Crippen LogP contribution in [0.2, 0.25) is 0 Å². The van der Waals surface area contributed by atoms with Crippen molar-refractivity contribution in [2.75, 3.05) is 5.32 Å². The normalized spacial score (nSPS) is 26.8. The number of hydrogen-bond acceptors (Lipinski definition) is 4. The number of carbonyl (C=O) groups excluding carboxylic acids is 1. The molecule has 1 aliphatic rings. The lowest BCUT2D eigenvalue weighted by molar-refractivity contribution is -0.127. The fourth-order valence-electron chi connectivity index (χ4n) is 2.59. The van der Waals surface area contributed by atoms with E-state index in [4.69, 9.17) is 10.9 Å². The van der Waals surface area contributed by atoms with Gasteiger partial charge in [0.05, 0.1) is 11.9 Å². The van der Waals surface area contributed by atoms with Gasteiger partial charge in [-0.3, -0.25) is 9.48 Å². The molecule has 1 aromatic rings.